The van der Waals surface area contributed by atoms with Crippen LogP contribution in [-0.4, -0.2) is 0 Å². The van der Waals surface area contributed by atoms with Gasteiger partial charge in [0.15, 0.2) is 0 Å². The summed E-state index contributed by atoms with van der Waals surface area (Å²) in [5.41, 5.74) is 2.56. The maximum absolute atomic E-state index is 3.71. The Balaban J connectivity index is 3.15. The molecule has 0 radical (unpaired) electrons. The van der Waals surface area contributed by atoms with E-state index in [1.807, 2.05) is 0 Å². The highest BCUT2D eigenvalue weighted by Crippen LogP contribution is 2.37. The predicted octanol–water partition coefficient (Wildman–Crippen LogP) is 5.61. The number of aryl methyl sites for hydroxylation is 1. The van der Waals surface area contributed by atoms with Crippen molar-refractivity contribution in [3.8, 4) is 0 Å². The van der Waals surface area contributed by atoms with E-state index in [0.29, 0.717) is 10.7 Å². The minimum atomic E-state index is 0.397. The first-order valence-electron chi connectivity index (χ1n) is 4.53. The fourth-order valence-corrected chi connectivity index (χ4v) is 2.98. The highest BCUT2D eigenvalue weighted by atomic mass is 79.9. The lowest BCUT2D eigenvalue weighted by Gasteiger charge is -2.17. The van der Waals surface area contributed by atoms with E-state index in [-0.39, 0.29) is 0 Å². The van der Waals surface area contributed by atoms with Gasteiger partial charge in [-0.15, -0.1) is 0 Å². The van der Waals surface area contributed by atoms with E-state index in [0.717, 1.165) is 0 Å². The number of rotatable bonds is 2. The molecule has 0 N–H and O–H groups in total. The van der Waals surface area contributed by atoms with E-state index < -0.39 is 0 Å². The van der Waals surface area contributed by atoms with Crippen LogP contribution in [0.25, 0.3) is 0 Å². The third kappa shape index (κ3) is 2.83. The smallest absolute Gasteiger partial charge is 0.0429 e. The van der Waals surface area contributed by atoms with Crippen LogP contribution in [0, 0.1) is 12.8 Å². The van der Waals surface area contributed by atoms with Gasteiger partial charge in [-0.25, -0.2) is 0 Å². The van der Waals surface area contributed by atoms with Crippen molar-refractivity contribution in [3.63, 3.8) is 0 Å². The maximum atomic E-state index is 3.71. The molecule has 0 spiro atoms. The monoisotopic (exact) mass is 382 g/mol. The molecule has 1 unspecified atom stereocenters. The van der Waals surface area contributed by atoms with Crippen LogP contribution in [0.5, 0.6) is 0 Å². The van der Waals surface area contributed by atoms with Gasteiger partial charge in [-0.05, 0) is 36.1 Å². The highest BCUT2D eigenvalue weighted by Gasteiger charge is 2.15. The van der Waals surface area contributed by atoms with Gasteiger partial charge in [0.25, 0.3) is 0 Å². The molecule has 0 aromatic heterocycles. The lowest BCUT2D eigenvalue weighted by atomic mass is 10.0. The second kappa shape index (κ2) is 5.13. The molecule has 3 heteroatoms. The number of benzene rings is 1. The first-order valence-corrected chi connectivity index (χ1v) is 7.03. The summed E-state index contributed by atoms with van der Waals surface area (Å²) in [5, 5.41) is 0. The Labute approximate surface area is 111 Å². The second-order valence-corrected chi connectivity index (χ2v) is 6.46. The van der Waals surface area contributed by atoms with Crippen LogP contribution in [0.15, 0.2) is 21.1 Å². The minimum Gasteiger partial charge on any atom is -0.0836 e. The van der Waals surface area contributed by atoms with Gasteiger partial charge in [0.1, 0.15) is 0 Å². The molecule has 0 bridgehead atoms. The van der Waals surface area contributed by atoms with E-state index in [1.165, 1.54) is 20.1 Å². The molecule has 0 saturated carbocycles. The summed E-state index contributed by atoms with van der Waals surface area (Å²) >= 11 is 10.9. The highest BCUT2D eigenvalue weighted by molar-refractivity contribution is 9.11. The molecule has 0 nitrogen and oxygen atoms in total. The van der Waals surface area contributed by atoms with Crippen molar-refractivity contribution in [1.82, 2.24) is 0 Å². The van der Waals surface area contributed by atoms with Crippen LogP contribution in [0.2, 0.25) is 0 Å². The second-order valence-electron chi connectivity index (χ2n) is 3.77. The van der Waals surface area contributed by atoms with Gasteiger partial charge < -0.3 is 0 Å². The van der Waals surface area contributed by atoms with Crippen LogP contribution in [0.4, 0.5) is 0 Å². The quantitative estimate of drug-likeness (QED) is 0.581. The van der Waals surface area contributed by atoms with Crippen molar-refractivity contribution >= 4 is 47.8 Å². The minimum absolute atomic E-state index is 0.397. The molecule has 0 heterocycles. The van der Waals surface area contributed by atoms with Crippen LogP contribution < -0.4 is 0 Å². The summed E-state index contributed by atoms with van der Waals surface area (Å²) in [7, 11) is 0. The van der Waals surface area contributed by atoms with E-state index >= 15 is 0 Å². The molecular weight excluding hydrogens is 372 g/mol. The van der Waals surface area contributed by atoms with Crippen molar-refractivity contribution in [2.75, 3.05) is 0 Å². The molecule has 1 aromatic carbocycles. The standard InChI is InChI=1S/C11H13Br3/c1-6(2)11(14)8-5-9(12)7(3)4-10(8)13/h4-6,11H,1-3H3. The fourth-order valence-electron chi connectivity index (χ4n) is 1.23. The Morgan fingerprint density at radius 1 is 1.07 bits per heavy atom. The zero-order chi connectivity index (χ0) is 10.9. The summed E-state index contributed by atoms with van der Waals surface area (Å²) in [4.78, 5) is 0.397. The van der Waals surface area contributed by atoms with Gasteiger partial charge in [0.2, 0.25) is 0 Å². The normalized spacial score (nSPS) is 13.4. The lowest BCUT2D eigenvalue weighted by molar-refractivity contribution is 0.639. The molecule has 1 aromatic rings. The van der Waals surface area contributed by atoms with Gasteiger partial charge in [-0.3, -0.25) is 0 Å². The van der Waals surface area contributed by atoms with Crippen molar-refractivity contribution in [2.24, 2.45) is 5.92 Å². The Morgan fingerprint density at radius 3 is 2.14 bits per heavy atom. The van der Waals surface area contributed by atoms with Crippen molar-refractivity contribution in [3.05, 3.63) is 32.2 Å². The third-order valence-corrected chi connectivity index (χ3v) is 5.25. The lowest BCUT2D eigenvalue weighted by Crippen LogP contribution is -2.00. The molecule has 0 aliphatic rings. The average Bonchev–Trinajstić information content (AvgIpc) is 2.10. The summed E-state index contributed by atoms with van der Waals surface area (Å²) < 4.78 is 2.34. The molecule has 0 aliphatic heterocycles. The summed E-state index contributed by atoms with van der Waals surface area (Å²) in [6, 6.07) is 4.33. The molecule has 78 valence electrons. The van der Waals surface area contributed by atoms with E-state index in [1.54, 1.807) is 0 Å². The number of alkyl halides is 1. The van der Waals surface area contributed by atoms with E-state index in [2.05, 4.69) is 80.7 Å². The molecule has 0 aliphatic carbocycles. The molecule has 1 atom stereocenters. The SMILES string of the molecule is Cc1cc(Br)c(C(Br)C(C)C)cc1Br. The molecule has 0 saturated heterocycles. The van der Waals surface area contributed by atoms with Gasteiger partial charge >= 0.3 is 0 Å². The zero-order valence-corrected chi connectivity index (χ0v) is 13.2. The molecule has 1 rings (SSSR count). The number of hydrogen-bond donors (Lipinski definition) is 0. The van der Waals surface area contributed by atoms with Gasteiger partial charge in [-0.2, -0.15) is 0 Å². The van der Waals surface area contributed by atoms with E-state index in [4.69, 9.17) is 0 Å². The van der Waals surface area contributed by atoms with Crippen LogP contribution >= 0.6 is 47.8 Å². The Bertz CT molecular complexity index is 332. The number of hydrogen-bond acceptors (Lipinski definition) is 0. The largest absolute Gasteiger partial charge is 0.0836 e. The van der Waals surface area contributed by atoms with Crippen LogP contribution in [-0.2, 0) is 0 Å². The van der Waals surface area contributed by atoms with E-state index in [9.17, 15) is 0 Å². The summed E-state index contributed by atoms with van der Waals surface area (Å²) in [6.45, 7) is 6.51. The average molecular weight is 385 g/mol. The van der Waals surface area contributed by atoms with Crippen molar-refractivity contribution in [2.45, 2.75) is 25.6 Å². The topological polar surface area (TPSA) is 0 Å². The Kier molecular flexibility index (Phi) is 4.66. The fraction of sp³-hybridized carbons (Fsp3) is 0.455. The number of halogens is 3. The predicted molar refractivity (Wildman–Crippen MR) is 73.1 cm³/mol. The first-order chi connectivity index (χ1) is 6.43. The van der Waals surface area contributed by atoms with Crippen LogP contribution in [0.1, 0.15) is 29.8 Å². The Hall–Kier alpha value is 0.660. The van der Waals surface area contributed by atoms with Gasteiger partial charge in [0.05, 0.1) is 0 Å². The van der Waals surface area contributed by atoms with Gasteiger partial charge in [-0.1, -0.05) is 61.6 Å². The van der Waals surface area contributed by atoms with Gasteiger partial charge in [0, 0.05) is 13.8 Å². The molecular formula is C11H13Br3. The Morgan fingerprint density at radius 2 is 1.64 bits per heavy atom. The first kappa shape index (κ1) is 12.7. The van der Waals surface area contributed by atoms with Crippen LogP contribution in [0.3, 0.4) is 0 Å². The summed E-state index contributed by atoms with van der Waals surface area (Å²) in [6.07, 6.45) is 0. The molecule has 0 amide bonds. The zero-order valence-electron chi connectivity index (χ0n) is 8.44. The molecule has 14 heavy (non-hydrogen) atoms. The van der Waals surface area contributed by atoms with Crippen molar-refractivity contribution < 1.29 is 0 Å². The van der Waals surface area contributed by atoms with Crippen molar-refractivity contribution in [1.29, 1.82) is 0 Å². The molecule has 0 fully saturated rings. The maximum Gasteiger partial charge on any atom is 0.0429 e. The third-order valence-electron chi connectivity index (χ3n) is 2.16. The summed E-state index contributed by atoms with van der Waals surface area (Å²) in [5.74, 6) is 0.584.